The van der Waals surface area contributed by atoms with Gasteiger partial charge >= 0.3 is 12.1 Å². The van der Waals surface area contributed by atoms with Gasteiger partial charge in [0.2, 0.25) is 0 Å². The number of carboxylic acids is 1. The third kappa shape index (κ3) is 4.74. The molecule has 1 unspecified atom stereocenters. The predicted octanol–water partition coefficient (Wildman–Crippen LogP) is 2.99. The second kappa shape index (κ2) is 9.67. The summed E-state index contributed by atoms with van der Waals surface area (Å²) in [5, 5.41) is 12.1. The number of nitrogens with one attached hydrogen (secondary N) is 2. The minimum absolute atomic E-state index is 0.106. The second-order valence-corrected chi connectivity index (χ2v) is 9.29. The van der Waals surface area contributed by atoms with Crippen LogP contribution in [0.1, 0.15) is 42.7 Å². The van der Waals surface area contributed by atoms with E-state index < -0.39 is 29.6 Å². The molecule has 1 aliphatic heterocycles. The Bertz CT molecular complexity index is 1080. The maximum atomic E-state index is 13.1. The third-order valence-electron chi connectivity index (χ3n) is 7.04. The number of carboxylic acid groups (broad SMARTS) is 1. The summed E-state index contributed by atoms with van der Waals surface area (Å²) in [4.78, 5) is 42.6. The minimum atomic E-state index is -1.31. The van der Waals surface area contributed by atoms with E-state index in [1.54, 1.807) is 0 Å². The number of amides is 2. The number of alkyl carbamates (subject to hydrolysis) is 1. The van der Waals surface area contributed by atoms with E-state index in [0.29, 0.717) is 0 Å². The lowest BCUT2D eigenvalue weighted by atomic mass is 9.89. The molecule has 0 radical (unpaired) electrons. The summed E-state index contributed by atoms with van der Waals surface area (Å²) >= 11 is 0. The van der Waals surface area contributed by atoms with Crippen LogP contribution in [-0.2, 0) is 23.9 Å². The van der Waals surface area contributed by atoms with Crippen molar-refractivity contribution in [3.8, 4) is 11.1 Å². The van der Waals surface area contributed by atoms with Crippen LogP contribution in [0.15, 0.2) is 48.5 Å². The van der Waals surface area contributed by atoms with Gasteiger partial charge in [0.1, 0.15) is 12.1 Å². The van der Waals surface area contributed by atoms with Crippen molar-refractivity contribution < 1.29 is 33.8 Å². The molecule has 2 aliphatic carbocycles. The highest BCUT2D eigenvalue weighted by molar-refractivity contribution is 5.89. The summed E-state index contributed by atoms with van der Waals surface area (Å²) in [6, 6.07) is 16.1. The van der Waals surface area contributed by atoms with Gasteiger partial charge in [-0.2, -0.15) is 0 Å². The molecule has 9 nitrogen and oxygen atoms in total. The summed E-state index contributed by atoms with van der Waals surface area (Å²) in [5.74, 6) is -1.96. The SMILES string of the molecule is O=C(NC1(C(=O)NOC(C(=O)O)C2CC2)CCOCC1)OCC1c2ccccc2-c2ccccc21. The molecule has 2 fully saturated rings. The number of fused-ring (bicyclic) bond motifs is 3. The van der Waals surface area contributed by atoms with Crippen LogP contribution in [0, 0.1) is 5.92 Å². The lowest BCUT2D eigenvalue weighted by Gasteiger charge is -2.36. The number of hydrogen-bond acceptors (Lipinski definition) is 6. The smallest absolute Gasteiger partial charge is 0.408 e. The summed E-state index contributed by atoms with van der Waals surface area (Å²) < 4.78 is 11.0. The number of benzene rings is 2. The van der Waals surface area contributed by atoms with Crippen LogP contribution in [0.3, 0.4) is 0 Å². The highest BCUT2D eigenvalue weighted by Crippen LogP contribution is 2.44. The van der Waals surface area contributed by atoms with Crippen molar-refractivity contribution in [2.24, 2.45) is 5.92 Å². The van der Waals surface area contributed by atoms with Crippen molar-refractivity contribution in [1.29, 1.82) is 0 Å². The highest BCUT2D eigenvalue weighted by atomic mass is 16.7. The number of ether oxygens (including phenoxy) is 2. The zero-order chi connectivity index (χ0) is 24.4. The minimum Gasteiger partial charge on any atom is -0.479 e. The van der Waals surface area contributed by atoms with Crippen LogP contribution in [0.2, 0.25) is 0 Å². The Morgan fingerprint density at radius 1 is 1.00 bits per heavy atom. The van der Waals surface area contributed by atoms with E-state index in [9.17, 15) is 19.5 Å². The van der Waals surface area contributed by atoms with Crippen LogP contribution in [-0.4, -0.2) is 54.5 Å². The van der Waals surface area contributed by atoms with Gasteiger partial charge in [-0.25, -0.2) is 15.1 Å². The van der Waals surface area contributed by atoms with Crippen LogP contribution in [0.25, 0.3) is 11.1 Å². The molecular formula is C26H28N2O7. The van der Waals surface area contributed by atoms with Gasteiger partial charge in [0, 0.05) is 32.0 Å². The number of hydrogen-bond donors (Lipinski definition) is 3. The molecule has 184 valence electrons. The van der Waals surface area contributed by atoms with Crippen molar-refractivity contribution >= 4 is 18.0 Å². The van der Waals surface area contributed by atoms with E-state index in [-0.39, 0.29) is 44.5 Å². The average molecular weight is 481 g/mol. The molecule has 2 amide bonds. The van der Waals surface area contributed by atoms with Crippen LogP contribution in [0.5, 0.6) is 0 Å². The summed E-state index contributed by atoms with van der Waals surface area (Å²) in [6.45, 7) is 0.650. The van der Waals surface area contributed by atoms with Gasteiger partial charge < -0.3 is 19.9 Å². The van der Waals surface area contributed by atoms with Crippen molar-refractivity contribution in [3.63, 3.8) is 0 Å². The Balaban J connectivity index is 1.25. The molecule has 2 aromatic rings. The van der Waals surface area contributed by atoms with Gasteiger partial charge in [-0.1, -0.05) is 48.5 Å². The molecular weight excluding hydrogens is 452 g/mol. The molecule has 2 aromatic carbocycles. The normalized spacial score (nSPS) is 19.2. The molecule has 1 atom stereocenters. The van der Waals surface area contributed by atoms with Gasteiger partial charge in [0.15, 0.2) is 6.10 Å². The maximum Gasteiger partial charge on any atom is 0.408 e. The fraction of sp³-hybridized carbons (Fsp3) is 0.423. The fourth-order valence-corrected chi connectivity index (χ4v) is 4.92. The van der Waals surface area contributed by atoms with E-state index in [2.05, 4.69) is 22.9 Å². The van der Waals surface area contributed by atoms with Gasteiger partial charge in [-0.3, -0.25) is 9.63 Å². The predicted molar refractivity (Wildman–Crippen MR) is 124 cm³/mol. The fourth-order valence-electron chi connectivity index (χ4n) is 4.92. The lowest BCUT2D eigenvalue weighted by molar-refractivity contribution is -0.166. The van der Waals surface area contributed by atoms with Gasteiger partial charge in [0.25, 0.3) is 5.91 Å². The second-order valence-electron chi connectivity index (χ2n) is 9.29. The number of rotatable bonds is 8. The number of carbonyl (C=O) groups excluding carboxylic acids is 2. The first-order chi connectivity index (χ1) is 17.0. The van der Waals surface area contributed by atoms with Crippen LogP contribution in [0.4, 0.5) is 4.79 Å². The van der Waals surface area contributed by atoms with Crippen molar-refractivity contribution in [3.05, 3.63) is 59.7 Å². The Morgan fingerprint density at radius 2 is 1.60 bits per heavy atom. The molecule has 1 saturated heterocycles. The van der Waals surface area contributed by atoms with Crippen LogP contribution >= 0.6 is 0 Å². The Hall–Kier alpha value is -3.43. The molecule has 3 aliphatic rings. The van der Waals surface area contributed by atoms with E-state index in [4.69, 9.17) is 14.3 Å². The van der Waals surface area contributed by atoms with Crippen molar-refractivity contribution in [2.75, 3.05) is 19.8 Å². The number of carbonyl (C=O) groups is 3. The zero-order valence-electron chi connectivity index (χ0n) is 19.2. The van der Waals surface area contributed by atoms with Crippen molar-refractivity contribution in [1.82, 2.24) is 10.8 Å². The first-order valence-corrected chi connectivity index (χ1v) is 11.9. The van der Waals surface area contributed by atoms with E-state index in [0.717, 1.165) is 35.1 Å². The molecule has 1 heterocycles. The highest BCUT2D eigenvalue weighted by Gasteiger charge is 2.44. The molecule has 0 spiro atoms. The third-order valence-corrected chi connectivity index (χ3v) is 7.04. The molecule has 5 rings (SSSR count). The van der Waals surface area contributed by atoms with Gasteiger partial charge in [0.05, 0.1) is 0 Å². The standard InChI is InChI=1S/C26H28N2O7/c29-23(30)22(16-9-10-16)35-28-24(31)26(11-13-33-14-12-26)27-25(32)34-15-21-19-7-3-1-5-17(19)18-6-2-4-8-20(18)21/h1-8,16,21-22H,9-15H2,(H,27,32)(H,28,31)(H,29,30). The monoisotopic (exact) mass is 480 g/mol. The Kier molecular flexibility index (Phi) is 6.44. The lowest BCUT2D eigenvalue weighted by Crippen LogP contribution is -2.61. The number of hydroxylamine groups is 1. The molecule has 9 heteroatoms. The summed E-state index contributed by atoms with van der Waals surface area (Å²) in [5.41, 5.74) is 5.40. The Morgan fingerprint density at radius 3 is 2.17 bits per heavy atom. The molecule has 0 aromatic heterocycles. The largest absolute Gasteiger partial charge is 0.479 e. The Labute approximate surface area is 202 Å². The maximum absolute atomic E-state index is 13.1. The quantitative estimate of drug-likeness (QED) is 0.497. The average Bonchev–Trinajstić information content (AvgIpc) is 3.65. The van der Waals surface area contributed by atoms with Gasteiger partial charge in [-0.05, 0) is 41.0 Å². The van der Waals surface area contributed by atoms with Crippen LogP contribution < -0.4 is 10.8 Å². The van der Waals surface area contributed by atoms with Crippen molar-refractivity contribution in [2.45, 2.75) is 43.2 Å². The van der Waals surface area contributed by atoms with Gasteiger partial charge in [-0.15, -0.1) is 0 Å². The molecule has 0 bridgehead atoms. The summed E-state index contributed by atoms with van der Waals surface area (Å²) in [6.07, 6.45) is 0.0839. The zero-order valence-corrected chi connectivity index (χ0v) is 19.2. The molecule has 3 N–H and O–H groups in total. The van der Waals surface area contributed by atoms with E-state index >= 15 is 0 Å². The topological polar surface area (TPSA) is 123 Å². The number of aliphatic carboxylic acids is 1. The van der Waals surface area contributed by atoms with E-state index in [1.165, 1.54) is 0 Å². The molecule has 1 saturated carbocycles. The first-order valence-electron chi connectivity index (χ1n) is 11.9. The molecule has 35 heavy (non-hydrogen) atoms. The van der Waals surface area contributed by atoms with E-state index in [1.807, 2.05) is 36.4 Å². The first kappa shape index (κ1) is 23.3. The summed E-state index contributed by atoms with van der Waals surface area (Å²) in [7, 11) is 0.